The molecule has 1 amide bonds. The molecule has 2 heterocycles. The van der Waals surface area contributed by atoms with Crippen LogP contribution in [0.4, 0.5) is 5.00 Å². The van der Waals surface area contributed by atoms with E-state index in [4.69, 9.17) is 25.5 Å². The fourth-order valence-electron chi connectivity index (χ4n) is 4.27. The minimum atomic E-state index is -0.370. The molecule has 36 heavy (non-hydrogen) atoms. The summed E-state index contributed by atoms with van der Waals surface area (Å²) >= 11 is 7.66. The molecule has 0 saturated heterocycles. The van der Waals surface area contributed by atoms with Gasteiger partial charge in [0.15, 0.2) is 6.61 Å². The van der Waals surface area contributed by atoms with Gasteiger partial charge < -0.3 is 19.2 Å². The molecule has 0 atom stereocenters. The Hall–Kier alpha value is -3.80. The summed E-state index contributed by atoms with van der Waals surface area (Å²) < 4.78 is 17.0. The Labute approximate surface area is 215 Å². The highest BCUT2D eigenvalue weighted by Crippen LogP contribution is 2.38. The lowest BCUT2D eigenvalue weighted by Gasteiger charge is -2.10. The maximum Gasteiger partial charge on any atom is 0.262 e. The molecular formula is C27H21ClN2O5S. The number of rotatable bonds is 6. The van der Waals surface area contributed by atoms with Gasteiger partial charge in [-0.3, -0.25) is 9.59 Å². The Balaban J connectivity index is 1.28. The van der Waals surface area contributed by atoms with E-state index in [1.165, 1.54) is 17.6 Å². The molecule has 1 aliphatic carbocycles. The number of amides is 1. The summed E-state index contributed by atoms with van der Waals surface area (Å²) in [5.41, 5.74) is 3.25. The summed E-state index contributed by atoms with van der Waals surface area (Å²) in [6.07, 6.45) is 4.10. The van der Waals surface area contributed by atoms with Gasteiger partial charge in [0.25, 0.3) is 5.91 Å². The number of nitrogens with one attached hydrogen (secondary N) is 1. The van der Waals surface area contributed by atoms with Gasteiger partial charge in [-0.25, -0.2) is 0 Å². The van der Waals surface area contributed by atoms with Crippen LogP contribution in [-0.4, -0.2) is 12.5 Å². The lowest BCUT2D eigenvalue weighted by Crippen LogP contribution is -2.20. The Bertz CT molecular complexity index is 1590. The van der Waals surface area contributed by atoms with Crippen molar-refractivity contribution < 1.29 is 18.7 Å². The Morgan fingerprint density at radius 2 is 1.97 bits per heavy atom. The summed E-state index contributed by atoms with van der Waals surface area (Å²) in [6, 6.07) is 10.4. The maximum atomic E-state index is 12.9. The van der Waals surface area contributed by atoms with Crippen molar-refractivity contribution >= 4 is 44.8 Å². The molecule has 0 bridgehead atoms. The van der Waals surface area contributed by atoms with E-state index in [-0.39, 0.29) is 23.7 Å². The van der Waals surface area contributed by atoms with Crippen LogP contribution < -0.4 is 20.2 Å². The van der Waals surface area contributed by atoms with Crippen molar-refractivity contribution in [1.82, 2.24) is 0 Å². The lowest BCUT2D eigenvalue weighted by molar-refractivity contribution is -0.118. The predicted octanol–water partition coefficient (Wildman–Crippen LogP) is 6.29. The Morgan fingerprint density at radius 1 is 1.19 bits per heavy atom. The van der Waals surface area contributed by atoms with Crippen LogP contribution in [0.1, 0.15) is 33.6 Å². The first-order valence-electron chi connectivity index (χ1n) is 11.3. The molecule has 7 nitrogen and oxygen atoms in total. The maximum absolute atomic E-state index is 12.9. The number of benzene rings is 2. The van der Waals surface area contributed by atoms with E-state index < -0.39 is 0 Å². The third kappa shape index (κ3) is 4.55. The van der Waals surface area contributed by atoms with Crippen LogP contribution in [0.3, 0.4) is 0 Å². The van der Waals surface area contributed by atoms with E-state index in [1.807, 2.05) is 13.8 Å². The zero-order chi connectivity index (χ0) is 25.4. The van der Waals surface area contributed by atoms with E-state index >= 15 is 0 Å². The van der Waals surface area contributed by atoms with Crippen molar-refractivity contribution in [3.05, 3.63) is 79.0 Å². The molecule has 0 fully saturated rings. The highest BCUT2D eigenvalue weighted by molar-refractivity contribution is 7.16. The SMILES string of the molecule is Cc1cc(Oc2coc3cc(OCC(=O)Nc4sc5c(c4C#N)CCC5)ccc3c2=O)cc(C)c1Cl. The molecule has 4 aromatic rings. The van der Waals surface area contributed by atoms with E-state index in [9.17, 15) is 14.9 Å². The normalized spacial score (nSPS) is 12.3. The van der Waals surface area contributed by atoms with Gasteiger partial charge in [-0.2, -0.15) is 5.26 Å². The number of thiophene rings is 1. The number of anilines is 1. The number of nitrogens with zero attached hydrogens (tertiary/aromatic N) is 1. The van der Waals surface area contributed by atoms with Crippen molar-refractivity contribution in [2.75, 3.05) is 11.9 Å². The third-order valence-electron chi connectivity index (χ3n) is 6.01. The molecule has 182 valence electrons. The highest BCUT2D eigenvalue weighted by atomic mass is 35.5. The van der Waals surface area contributed by atoms with Crippen molar-refractivity contribution in [2.24, 2.45) is 0 Å². The first-order chi connectivity index (χ1) is 17.3. The molecule has 0 aliphatic heterocycles. The zero-order valence-electron chi connectivity index (χ0n) is 19.6. The molecule has 2 aromatic carbocycles. The van der Waals surface area contributed by atoms with Crippen LogP contribution in [0.5, 0.6) is 17.2 Å². The van der Waals surface area contributed by atoms with Gasteiger partial charge in [0.1, 0.15) is 34.4 Å². The summed E-state index contributed by atoms with van der Waals surface area (Å²) in [5.74, 6) is 0.535. The van der Waals surface area contributed by atoms with Gasteiger partial charge in [-0.05, 0) is 74.1 Å². The molecule has 0 spiro atoms. The zero-order valence-corrected chi connectivity index (χ0v) is 21.1. The van der Waals surface area contributed by atoms with Crippen LogP contribution in [0.25, 0.3) is 11.0 Å². The molecule has 0 unspecified atom stereocenters. The fourth-order valence-corrected chi connectivity index (χ4v) is 5.63. The molecular weight excluding hydrogens is 500 g/mol. The van der Waals surface area contributed by atoms with Crippen LogP contribution in [-0.2, 0) is 17.6 Å². The van der Waals surface area contributed by atoms with Gasteiger partial charge in [0.2, 0.25) is 11.2 Å². The second-order valence-electron chi connectivity index (χ2n) is 8.57. The summed E-state index contributed by atoms with van der Waals surface area (Å²) in [7, 11) is 0. The molecule has 2 aromatic heterocycles. The number of carbonyl (C=O) groups is 1. The van der Waals surface area contributed by atoms with Crippen LogP contribution in [0.15, 0.2) is 45.8 Å². The smallest absolute Gasteiger partial charge is 0.262 e. The number of hydrogen-bond acceptors (Lipinski definition) is 7. The first-order valence-corrected chi connectivity index (χ1v) is 12.5. The molecule has 5 rings (SSSR count). The lowest BCUT2D eigenvalue weighted by atomic mass is 10.1. The standard InChI is InChI=1S/C27H21ClN2O5S/c1-14-8-17(9-15(2)25(14)28)35-22-12-34-21-10-16(6-7-19(21)26(22)32)33-13-24(31)30-27-20(11-29)18-4-3-5-23(18)36-27/h6-10,12H,3-5,13H2,1-2H3,(H,30,31). The topological polar surface area (TPSA) is 102 Å². The predicted molar refractivity (Wildman–Crippen MR) is 139 cm³/mol. The number of aryl methyl sites for hydroxylation is 3. The average molecular weight is 521 g/mol. The van der Waals surface area contributed by atoms with Gasteiger partial charge in [0.05, 0.1) is 10.9 Å². The highest BCUT2D eigenvalue weighted by Gasteiger charge is 2.23. The van der Waals surface area contributed by atoms with E-state index in [2.05, 4.69) is 11.4 Å². The van der Waals surface area contributed by atoms with Crippen LogP contribution in [0.2, 0.25) is 5.02 Å². The van der Waals surface area contributed by atoms with Gasteiger partial charge in [-0.1, -0.05) is 11.6 Å². The molecule has 0 saturated carbocycles. The quantitative estimate of drug-likeness (QED) is 0.320. The number of hydrogen-bond donors (Lipinski definition) is 1. The Morgan fingerprint density at radius 3 is 2.72 bits per heavy atom. The number of nitriles is 1. The Kier molecular flexibility index (Phi) is 6.44. The van der Waals surface area contributed by atoms with E-state index in [0.29, 0.717) is 38.1 Å². The summed E-state index contributed by atoms with van der Waals surface area (Å²) in [4.78, 5) is 26.5. The first kappa shape index (κ1) is 23.9. The number of carbonyl (C=O) groups excluding carboxylic acids is 1. The van der Waals surface area contributed by atoms with Gasteiger partial charge in [0, 0.05) is 16.0 Å². The summed E-state index contributed by atoms with van der Waals surface area (Å²) in [6.45, 7) is 3.48. The molecule has 1 aliphatic rings. The van der Waals surface area contributed by atoms with Crippen molar-refractivity contribution in [3.8, 4) is 23.3 Å². The minimum absolute atomic E-state index is 0.0489. The second kappa shape index (κ2) is 9.69. The molecule has 9 heteroatoms. The number of fused-ring (bicyclic) bond motifs is 2. The van der Waals surface area contributed by atoms with E-state index in [1.54, 1.807) is 30.3 Å². The minimum Gasteiger partial charge on any atom is -0.484 e. The summed E-state index contributed by atoms with van der Waals surface area (Å²) in [5, 5.41) is 13.8. The van der Waals surface area contributed by atoms with Gasteiger partial charge in [-0.15, -0.1) is 11.3 Å². The molecule has 0 radical (unpaired) electrons. The molecule has 1 N–H and O–H groups in total. The fraction of sp³-hybridized carbons (Fsp3) is 0.222. The monoisotopic (exact) mass is 520 g/mol. The van der Waals surface area contributed by atoms with Crippen molar-refractivity contribution in [1.29, 1.82) is 5.26 Å². The second-order valence-corrected chi connectivity index (χ2v) is 10.1. The largest absolute Gasteiger partial charge is 0.484 e. The number of ether oxygens (including phenoxy) is 2. The third-order valence-corrected chi connectivity index (χ3v) is 7.81. The van der Waals surface area contributed by atoms with Crippen molar-refractivity contribution in [3.63, 3.8) is 0 Å². The van der Waals surface area contributed by atoms with Crippen LogP contribution >= 0.6 is 22.9 Å². The van der Waals surface area contributed by atoms with Gasteiger partial charge >= 0.3 is 0 Å². The van der Waals surface area contributed by atoms with Crippen molar-refractivity contribution in [2.45, 2.75) is 33.1 Å². The number of halogens is 1. The average Bonchev–Trinajstić information content (AvgIpc) is 3.43. The van der Waals surface area contributed by atoms with E-state index in [0.717, 1.165) is 40.8 Å². The van der Waals surface area contributed by atoms with Crippen LogP contribution in [0, 0.1) is 25.2 Å².